The van der Waals surface area contributed by atoms with E-state index in [0.717, 1.165) is 43.7 Å². The maximum atomic E-state index is 14.8. The van der Waals surface area contributed by atoms with Crippen molar-refractivity contribution in [2.45, 2.75) is 146 Å². The number of likely N-dealkylation sites (N-methyl/N-ethyl adjacent to an activating group) is 1. The Morgan fingerprint density at radius 3 is 1.74 bits per heavy atom. The van der Waals surface area contributed by atoms with E-state index in [-0.39, 0.29) is 89.0 Å². The molecule has 490 valence electrons. The number of nitrogens with two attached hydrogens (primary N) is 3. The first-order valence-electron chi connectivity index (χ1n) is 31.6. The van der Waals surface area contributed by atoms with E-state index in [1.54, 1.807) is 75.4 Å². The van der Waals surface area contributed by atoms with Gasteiger partial charge in [-0.25, -0.2) is 9.97 Å². The van der Waals surface area contributed by atoms with Crippen molar-refractivity contribution >= 4 is 77.0 Å². The highest BCUT2D eigenvalue weighted by atomic mass is 79.9. The van der Waals surface area contributed by atoms with E-state index in [2.05, 4.69) is 53.1 Å². The number of aromatic nitrogens is 2. The summed E-state index contributed by atoms with van der Waals surface area (Å²) in [6.45, 7) is 5.90. The summed E-state index contributed by atoms with van der Waals surface area (Å²) < 4.78 is 26.0. The van der Waals surface area contributed by atoms with E-state index in [4.69, 9.17) is 51.2 Å². The third-order valence-corrected chi connectivity index (χ3v) is 18.3. The van der Waals surface area contributed by atoms with E-state index in [0.29, 0.717) is 68.4 Å². The lowest BCUT2D eigenvalue weighted by Crippen LogP contribution is -2.46. The molecule has 2 amide bonds. The molecule has 18 nitrogen and oxygen atoms in total. The van der Waals surface area contributed by atoms with Gasteiger partial charge in [-0.2, -0.15) is 5.26 Å². The maximum absolute atomic E-state index is 14.8. The number of aryl methyl sites for hydroxylation is 2. The first-order chi connectivity index (χ1) is 44.3. The van der Waals surface area contributed by atoms with Crippen LogP contribution >= 0.6 is 47.8 Å². The summed E-state index contributed by atoms with van der Waals surface area (Å²) in [7, 11) is 1.50. The number of benzene rings is 5. The third kappa shape index (κ3) is 21.2. The molecule has 3 saturated carbocycles. The normalized spacial score (nSPS) is 17.4. The second kappa shape index (κ2) is 36.4. The lowest BCUT2D eigenvalue weighted by Gasteiger charge is -2.32. The van der Waals surface area contributed by atoms with E-state index in [1.165, 1.54) is 56.9 Å². The minimum atomic E-state index is -1.25. The van der Waals surface area contributed by atoms with Gasteiger partial charge in [0.05, 0.1) is 41.3 Å². The van der Waals surface area contributed by atoms with Crippen LogP contribution in [-0.4, -0.2) is 112 Å². The molecule has 4 atom stereocenters. The molecule has 8 N–H and O–H groups in total. The fourth-order valence-electron chi connectivity index (χ4n) is 10.6. The number of hydrogen-bond acceptors (Lipinski definition) is 16. The molecular weight excluding hydrogens is 1360 g/mol. The van der Waals surface area contributed by atoms with Crippen LogP contribution in [0.4, 0.5) is 0 Å². The van der Waals surface area contributed by atoms with Gasteiger partial charge < -0.3 is 51.5 Å². The number of ketones is 3. The highest BCUT2D eigenvalue weighted by Gasteiger charge is 2.37. The van der Waals surface area contributed by atoms with Crippen molar-refractivity contribution in [1.82, 2.24) is 20.2 Å². The number of aromatic hydroxyl groups is 1. The Labute approximate surface area is 565 Å². The van der Waals surface area contributed by atoms with Gasteiger partial charge in [0.1, 0.15) is 48.0 Å². The third-order valence-electron chi connectivity index (χ3n) is 16.4. The van der Waals surface area contributed by atoms with Gasteiger partial charge in [0.25, 0.3) is 0 Å². The van der Waals surface area contributed by atoms with Crippen molar-refractivity contribution in [3.8, 4) is 57.3 Å². The van der Waals surface area contributed by atoms with Crippen molar-refractivity contribution in [3.63, 3.8) is 0 Å². The Morgan fingerprint density at radius 1 is 0.728 bits per heavy atom. The number of alkyl halides is 1. The van der Waals surface area contributed by atoms with E-state index < -0.39 is 41.5 Å². The number of carbonyl (C=O) groups excluding carboxylic acids is 5. The fraction of sp³-hybridized carbons (Fsp3) is 0.437. The Balaban J connectivity index is 0.000000391. The predicted molar refractivity (Wildman–Crippen MR) is 367 cm³/mol. The van der Waals surface area contributed by atoms with Crippen LogP contribution in [-0.2, 0) is 25.6 Å². The number of nitriles is 1. The van der Waals surface area contributed by atoms with E-state index >= 15 is 0 Å². The molecule has 0 radical (unpaired) electrons. The second-order valence-electron chi connectivity index (χ2n) is 23.5. The highest BCUT2D eigenvalue weighted by Crippen LogP contribution is 2.41. The van der Waals surface area contributed by atoms with Gasteiger partial charge in [-0.3, -0.25) is 24.0 Å². The van der Waals surface area contributed by atoms with Gasteiger partial charge in [0.15, 0.2) is 23.2 Å². The summed E-state index contributed by atoms with van der Waals surface area (Å²) in [5, 5.41) is 20.8. The molecule has 1 aliphatic heterocycles. The molecule has 2 heterocycles. The molecule has 0 spiro atoms. The fourth-order valence-corrected chi connectivity index (χ4v) is 11.7. The molecule has 5 aromatic carbocycles. The van der Waals surface area contributed by atoms with Gasteiger partial charge >= 0.3 is 0 Å². The lowest BCUT2D eigenvalue weighted by molar-refractivity contribution is -0.142. The molecule has 0 saturated heterocycles. The first-order valence-corrected chi connectivity index (χ1v) is 34.1. The maximum Gasteiger partial charge on any atom is 0.226 e. The number of Topliss-reactive ketones (excluding diaryl/α,β-unsaturated/α-hetero) is 3. The Bertz CT molecular complexity index is 3420. The van der Waals surface area contributed by atoms with Gasteiger partial charge in [0, 0.05) is 88.1 Å². The van der Waals surface area contributed by atoms with E-state index in [1.807, 2.05) is 60.7 Å². The topological polar surface area (TPSA) is 285 Å². The SMILES string of the molecule is BrC1CCC1.Brc1ccc(OC2CCC2)cc1.Cc1nc(-c2ccc(OC3CCC3)cc2)nc(C)c1C(=O)C[C@@H](CCN)C(=O)N(C)[C@@H]1C(=O)C[C@@H](C)C(=O)N[C@H](C(=O)CCC#N)Cc2ccc(OCCN)c(c2)-c2cc1ccc2OCCN.Oc1ccc(Br)cc1. The summed E-state index contributed by atoms with van der Waals surface area (Å²) in [5.74, 6) is -0.680. The number of rotatable bonds is 21. The van der Waals surface area contributed by atoms with Crippen molar-refractivity contribution in [2.24, 2.45) is 29.0 Å². The Hall–Kier alpha value is -7.06. The quantitative estimate of drug-likeness (QED) is 0.0331. The molecule has 3 aliphatic carbocycles. The molecule has 92 heavy (non-hydrogen) atoms. The van der Waals surface area contributed by atoms with Crippen molar-refractivity contribution in [3.05, 3.63) is 146 Å². The molecular formula is C71H85Br3N8O10. The zero-order chi connectivity index (χ0) is 66.3. The Morgan fingerprint density at radius 2 is 1.25 bits per heavy atom. The van der Waals surface area contributed by atoms with Gasteiger partial charge in [-0.15, -0.1) is 0 Å². The smallest absolute Gasteiger partial charge is 0.226 e. The van der Waals surface area contributed by atoms with Crippen LogP contribution in [0.5, 0.6) is 28.7 Å². The average molecular weight is 1450 g/mol. The zero-order valence-corrected chi connectivity index (χ0v) is 57.6. The van der Waals surface area contributed by atoms with Crippen LogP contribution < -0.4 is 41.5 Å². The zero-order valence-electron chi connectivity index (χ0n) is 52.9. The molecule has 4 bridgehead atoms. The number of ether oxygens (including phenoxy) is 4. The molecule has 6 aromatic rings. The summed E-state index contributed by atoms with van der Waals surface area (Å²) in [5.41, 5.74) is 21.9. The van der Waals surface area contributed by atoms with Gasteiger partial charge in [0.2, 0.25) is 11.8 Å². The number of nitrogens with zero attached hydrogens (tertiary/aromatic N) is 4. The van der Waals surface area contributed by atoms with E-state index in [9.17, 15) is 29.2 Å². The number of nitrogens with one attached hydrogen (secondary N) is 1. The molecule has 21 heteroatoms. The first kappa shape index (κ1) is 72.4. The summed E-state index contributed by atoms with van der Waals surface area (Å²) in [4.78, 5) is 82.8. The number of hydrogen-bond donors (Lipinski definition) is 5. The second-order valence-corrected chi connectivity index (χ2v) is 26.6. The molecule has 4 aliphatic rings. The van der Waals surface area contributed by atoms with Crippen LogP contribution in [0, 0.1) is 37.0 Å². The lowest BCUT2D eigenvalue weighted by atomic mass is 9.88. The van der Waals surface area contributed by atoms with Gasteiger partial charge in [-0.05, 0) is 193 Å². The monoisotopic (exact) mass is 1450 g/mol. The average Bonchev–Trinajstić information content (AvgIpc) is 0.815. The van der Waals surface area contributed by atoms with Crippen molar-refractivity contribution in [2.75, 3.05) is 39.9 Å². The summed E-state index contributed by atoms with van der Waals surface area (Å²) in [6.07, 6.45) is 11.6. The number of carbonyl (C=O) groups is 5. The van der Waals surface area contributed by atoms with Crippen LogP contribution in [0.1, 0.15) is 136 Å². The summed E-state index contributed by atoms with van der Waals surface area (Å²) in [6, 6.07) is 32.6. The minimum Gasteiger partial charge on any atom is -0.508 e. The van der Waals surface area contributed by atoms with Crippen LogP contribution in [0.25, 0.3) is 22.5 Å². The van der Waals surface area contributed by atoms with Crippen LogP contribution in [0.2, 0.25) is 0 Å². The van der Waals surface area contributed by atoms with Crippen LogP contribution in [0.3, 0.4) is 0 Å². The van der Waals surface area contributed by atoms with Crippen LogP contribution in [0.15, 0.2) is 118 Å². The molecule has 10 rings (SSSR count). The predicted octanol–water partition coefficient (Wildman–Crippen LogP) is 12.7. The minimum absolute atomic E-state index is 0.0330. The van der Waals surface area contributed by atoms with Crippen molar-refractivity contribution < 1.29 is 48.0 Å². The number of phenols is 1. The number of halogens is 3. The standard InChI is InChI=1S/C51H62N8O8.C10H11BrO.C6H5BrO.C4H7Br/c1-30-25-44(62)48(59(4)51(64)36(18-20-53)29-43(61)47-31(2)56-49(57-32(47)3)34-11-14-38(15-12-34)67-37-7-5-8-37)35-13-17-46(66-24-22-55)40(28-35)39-26-33(10-16-45(39)65-23-21-54)27-41(58-50(30)63)42(60)9-6-19-52;11-8-4-6-10(7-5-8)12-9-2-1-3-9;7-5-1-3-6(8)4-2-5;5-4-2-1-3-4/h10-17,26,28,30,36-37,41,48H,5-9,18,20-25,27,29,53-55H2,1-4H3,(H,58,63);4-7,9H,1-3H2;1-4,8H;4H,1-3H2/t30-,36-,41+,48+;;;/m1.../s1. The molecule has 0 unspecified atom stereocenters. The number of phenolic OH excluding ortho intramolecular Hbond substituents is 1. The van der Waals surface area contributed by atoms with Gasteiger partial charge in [-0.1, -0.05) is 73.3 Å². The Kier molecular flexibility index (Phi) is 28.6. The molecule has 1 aromatic heterocycles. The molecule has 3 fully saturated rings. The van der Waals surface area contributed by atoms with Crippen molar-refractivity contribution in [1.29, 1.82) is 5.26 Å². The number of fused-ring (bicyclic) bond motifs is 5. The summed E-state index contributed by atoms with van der Waals surface area (Å²) >= 11 is 10.1. The largest absolute Gasteiger partial charge is 0.508 e. The number of amides is 2. The highest BCUT2D eigenvalue weighted by molar-refractivity contribution is 9.10.